The van der Waals surface area contributed by atoms with Crippen molar-refractivity contribution in [1.82, 2.24) is 0 Å². The van der Waals surface area contributed by atoms with Crippen molar-refractivity contribution >= 4 is 0 Å². The summed E-state index contributed by atoms with van der Waals surface area (Å²) in [6, 6.07) is 17.0. The molecule has 2 aromatic rings. The zero-order valence-electron chi connectivity index (χ0n) is 11.2. The molecule has 0 saturated carbocycles. The predicted octanol–water partition coefficient (Wildman–Crippen LogP) is 3.73. The number of benzene rings is 2. The molecule has 3 heteroatoms. The molecule has 0 N–H and O–H groups in total. The van der Waals surface area contributed by atoms with Gasteiger partial charge in [0.25, 0.3) is 0 Å². The van der Waals surface area contributed by atoms with Gasteiger partial charge in [-0.1, -0.05) is 48.5 Å². The Balaban J connectivity index is 1.81. The Morgan fingerprint density at radius 2 is 1.75 bits per heavy atom. The van der Waals surface area contributed by atoms with Crippen LogP contribution in [0.2, 0.25) is 0 Å². The summed E-state index contributed by atoms with van der Waals surface area (Å²) in [5.74, 6) is -0.0343. The standard InChI is InChI=1S/C17H17FO2/c18-16-9-5-4-8-14(16)10-15-11-19-12-20-17(15)13-6-2-1-3-7-13/h1-9,15,17H,10-12H2/t15-,17+/m1/s1. The molecule has 104 valence electrons. The van der Waals surface area contributed by atoms with Gasteiger partial charge in [-0.25, -0.2) is 4.39 Å². The van der Waals surface area contributed by atoms with E-state index in [1.165, 1.54) is 6.07 Å². The van der Waals surface area contributed by atoms with E-state index in [2.05, 4.69) is 0 Å². The van der Waals surface area contributed by atoms with Crippen molar-refractivity contribution in [2.75, 3.05) is 13.4 Å². The average Bonchev–Trinajstić information content (AvgIpc) is 2.51. The molecule has 0 bridgehead atoms. The molecule has 0 unspecified atom stereocenters. The summed E-state index contributed by atoms with van der Waals surface area (Å²) >= 11 is 0. The van der Waals surface area contributed by atoms with Crippen molar-refractivity contribution in [2.45, 2.75) is 12.5 Å². The smallest absolute Gasteiger partial charge is 0.147 e. The molecule has 1 aliphatic rings. The van der Waals surface area contributed by atoms with Crippen molar-refractivity contribution in [1.29, 1.82) is 0 Å². The summed E-state index contributed by atoms with van der Waals surface area (Å²) in [5, 5.41) is 0. The summed E-state index contributed by atoms with van der Waals surface area (Å²) in [7, 11) is 0. The first-order chi connectivity index (χ1) is 9.84. The van der Waals surface area contributed by atoms with Gasteiger partial charge >= 0.3 is 0 Å². The maximum atomic E-state index is 13.8. The lowest BCUT2D eigenvalue weighted by atomic mass is 9.89. The van der Waals surface area contributed by atoms with Gasteiger partial charge in [0.1, 0.15) is 12.6 Å². The molecule has 20 heavy (non-hydrogen) atoms. The number of hydrogen-bond donors (Lipinski definition) is 0. The maximum Gasteiger partial charge on any atom is 0.147 e. The summed E-state index contributed by atoms with van der Waals surface area (Å²) in [6.45, 7) is 0.890. The summed E-state index contributed by atoms with van der Waals surface area (Å²) in [5.41, 5.74) is 1.84. The number of hydrogen-bond acceptors (Lipinski definition) is 2. The monoisotopic (exact) mass is 272 g/mol. The molecule has 2 atom stereocenters. The second kappa shape index (κ2) is 6.16. The Morgan fingerprint density at radius 3 is 2.55 bits per heavy atom. The first-order valence-corrected chi connectivity index (χ1v) is 6.82. The summed E-state index contributed by atoms with van der Waals surface area (Å²) < 4.78 is 24.9. The Bertz CT molecular complexity index is 556. The second-order valence-electron chi connectivity index (χ2n) is 5.04. The molecular formula is C17H17FO2. The van der Waals surface area contributed by atoms with Crippen molar-refractivity contribution < 1.29 is 13.9 Å². The molecule has 2 aromatic carbocycles. The van der Waals surface area contributed by atoms with Crippen LogP contribution in [0.5, 0.6) is 0 Å². The van der Waals surface area contributed by atoms with Crippen LogP contribution in [0.3, 0.4) is 0 Å². The Labute approximate surface area is 118 Å². The first kappa shape index (κ1) is 13.3. The molecule has 0 spiro atoms. The molecule has 0 aliphatic carbocycles. The fraction of sp³-hybridized carbons (Fsp3) is 0.294. The highest BCUT2D eigenvalue weighted by atomic mass is 19.1. The van der Waals surface area contributed by atoms with Gasteiger partial charge in [0, 0.05) is 5.92 Å². The second-order valence-corrected chi connectivity index (χ2v) is 5.04. The van der Waals surface area contributed by atoms with Crippen LogP contribution in [0.15, 0.2) is 54.6 Å². The number of halogens is 1. The van der Waals surface area contributed by atoms with E-state index in [0.717, 1.165) is 5.56 Å². The van der Waals surface area contributed by atoms with E-state index in [1.807, 2.05) is 42.5 Å². The van der Waals surface area contributed by atoms with E-state index in [0.29, 0.717) is 25.4 Å². The highest BCUT2D eigenvalue weighted by molar-refractivity contribution is 5.22. The van der Waals surface area contributed by atoms with Gasteiger partial charge in [-0.2, -0.15) is 0 Å². The van der Waals surface area contributed by atoms with Crippen molar-refractivity contribution in [3.8, 4) is 0 Å². The molecule has 1 heterocycles. The Kier molecular flexibility index (Phi) is 4.09. The van der Waals surface area contributed by atoms with Gasteiger partial charge < -0.3 is 9.47 Å². The zero-order valence-corrected chi connectivity index (χ0v) is 11.2. The summed E-state index contributed by atoms with van der Waals surface area (Å²) in [4.78, 5) is 0. The average molecular weight is 272 g/mol. The highest BCUT2D eigenvalue weighted by Gasteiger charge is 2.28. The molecular weight excluding hydrogens is 255 g/mol. The third-order valence-electron chi connectivity index (χ3n) is 3.66. The van der Waals surface area contributed by atoms with E-state index >= 15 is 0 Å². The third kappa shape index (κ3) is 2.89. The van der Waals surface area contributed by atoms with Crippen LogP contribution in [-0.4, -0.2) is 13.4 Å². The summed E-state index contributed by atoms with van der Waals surface area (Å²) in [6.07, 6.45) is 0.580. The van der Waals surface area contributed by atoms with E-state index in [-0.39, 0.29) is 17.8 Å². The maximum absolute atomic E-state index is 13.8. The minimum absolute atomic E-state index is 0.0374. The molecule has 3 rings (SSSR count). The SMILES string of the molecule is Fc1ccccc1C[C@@H]1COCO[C@H]1c1ccccc1. The first-order valence-electron chi connectivity index (χ1n) is 6.82. The van der Waals surface area contributed by atoms with Crippen LogP contribution in [0.4, 0.5) is 4.39 Å². The molecule has 0 aromatic heterocycles. The minimum atomic E-state index is -0.162. The molecule has 1 saturated heterocycles. The van der Waals surface area contributed by atoms with Crippen molar-refractivity contribution in [3.05, 3.63) is 71.5 Å². The van der Waals surface area contributed by atoms with Crippen LogP contribution < -0.4 is 0 Å². The van der Waals surface area contributed by atoms with Crippen molar-refractivity contribution in [2.24, 2.45) is 5.92 Å². The van der Waals surface area contributed by atoms with E-state index in [9.17, 15) is 4.39 Å². The van der Waals surface area contributed by atoms with Gasteiger partial charge in [0.15, 0.2) is 0 Å². The van der Waals surface area contributed by atoms with Gasteiger partial charge in [0.2, 0.25) is 0 Å². The third-order valence-corrected chi connectivity index (χ3v) is 3.66. The van der Waals surface area contributed by atoms with Gasteiger partial charge in [-0.3, -0.25) is 0 Å². The van der Waals surface area contributed by atoms with Gasteiger partial charge in [0.05, 0.1) is 12.7 Å². The molecule has 0 amide bonds. The van der Waals surface area contributed by atoms with Gasteiger partial charge in [-0.15, -0.1) is 0 Å². The van der Waals surface area contributed by atoms with Crippen LogP contribution in [0, 0.1) is 11.7 Å². The van der Waals surface area contributed by atoms with Crippen LogP contribution >= 0.6 is 0 Å². The number of rotatable bonds is 3. The van der Waals surface area contributed by atoms with Crippen LogP contribution in [-0.2, 0) is 15.9 Å². The van der Waals surface area contributed by atoms with Crippen LogP contribution in [0.25, 0.3) is 0 Å². The highest BCUT2D eigenvalue weighted by Crippen LogP contribution is 2.32. The topological polar surface area (TPSA) is 18.5 Å². The molecule has 1 fully saturated rings. The lowest BCUT2D eigenvalue weighted by molar-refractivity contribution is -0.172. The molecule has 2 nitrogen and oxygen atoms in total. The Hall–Kier alpha value is -1.71. The van der Waals surface area contributed by atoms with Gasteiger partial charge in [-0.05, 0) is 23.6 Å². The lowest BCUT2D eigenvalue weighted by Gasteiger charge is -2.32. The van der Waals surface area contributed by atoms with Crippen LogP contribution in [0.1, 0.15) is 17.2 Å². The Morgan fingerprint density at radius 1 is 1.00 bits per heavy atom. The minimum Gasteiger partial charge on any atom is -0.355 e. The van der Waals surface area contributed by atoms with E-state index < -0.39 is 0 Å². The largest absolute Gasteiger partial charge is 0.355 e. The normalized spacial score (nSPS) is 22.6. The fourth-order valence-corrected chi connectivity index (χ4v) is 2.67. The molecule has 0 radical (unpaired) electrons. The number of ether oxygens (including phenoxy) is 2. The molecule has 1 aliphatic heterocycles. The van der Waals surface area contributed by atoms with E-state index in [4.69, 9.17) is 9.47 Å². The zero-order chi connectivity index (χ0) is 13.8. The lowest BCUT2D eigenvalue weighted by Crippen LogP contribution is -2.30. The van der Waals surface area contributed by atoms with E-state index in [1.54, 1.807) is 6.07 Å². The predicted molar refractivity (Wildman–Crippen MR) is 74.7 cm³/mol. The van der Waals surface area contributed by atoms with Crippen molar-refractivity contribution in [3.63, 3.8) is 0 Å². The quantitative estimate of drug-likeness (QED) is 0.847. The fourth-order valence-electron chi connectivity index (χ4n) is 2.67.